The number of rotatable bonds is 4. The number of amides is 3. The van der Waals surface area contributed by atoms with E-state index >= 15 is 0 Å². The number of hydrogen-bond donors (Lipinski definition) is 1. The molecule has 0 aliphatic carbocycles. The maximum Gasteiger partial charge on any atom is 0.229 e. The molecule has 2 fully saturated rings. The summed E-state index contributed by atoms with van der Waals surface area (Å²) in [6.45, 7) is 3.28. The lowest BCUT2D eigenvalue weighted by molar-refractivity contribution is -0.138. The van der Waals surface area contributed by atoms with Gasteiger partial charge in [0.05, 0.1) is 12.1 Å². The molecule has 3 amide bonds. The van der Waals surface area contributed by atoms with E-state index in [1.807, 2.05) is 6.92 Å². The summed E-state index contributed by atoms with van der Waals surface area (Å²) >= 11 is 0. The number of likely N-dealkylation sites (tertiary alicyclic amines) is 1. The van der Waals surface area contributed by atoms with Gasteiger partial charge < -0.3 is 10.1 Å². The van der Waals surface area contributed by atoms with Crippen LogP contribution in [0.15, 0.2) is 0 Å². The van der Waals surface area contributed by atoms with Crippen molar-refractivity contribution in [1.82, 2.24) is 10.2 Å². The molecule has 0 saturated carbocycles. The van der Waals surface area contributed by atoms with Crippen LogP contribution in [0.5, 0.6) is 0 Å². The summed E-state index contributed by atoms with van der Waals surface area (Å²) in [7, 11) is 0. The first-order valence-electron chi connectivity index (χ1n) is 6.22. The van der Waals surface area contributed by atoms with Crippen LogP contribution in [-0.2, 0) is 19.1 Å². The maximum absolute atomic E-state index is 11.8. The molecule has 2 aliphatic rings. The standard InChI is InChI=1S/C12H18N2O4/c1-12(5-7-18-8-12)13-9(15)4-6-14-10(16)2-3-11(14)17/h2-8H2,1H3,(H,13,15). The van der Waals surface area contributed by atoms with Crippen LogP contribution in [0.4, 0.5) is 0 Å². The summed E-state index contributed by atoms with van der Waals surface area (Å²) in [6, 6.07) is 0. The highest BCUT2D eigenvalue weighted by molar-refractivity contribution is 6.02. The Balaban J connectivity index is 1.78. The predicted molar refractivity (Wildman–Crippen MR) is 62.6 cm³/mol. The molecule has 0 radical (unpaired) electrons. The minimum Gasteiger partial charge on any atom is -0.379 e. The Morgan fingerprint density at radius 1 is 1.39 bits per heavy atom. The van der Waals surface area contributed by atoms with Crippen molar-refractivity contribution < 1.29 is 19.1 Å². The Morgan fingerprint density at radius 3 is 2.61 bits per heavy atom. The second kappa shape index (κ2) is 5.06. The molecule has 6 heteroatoms. The number of nitrogens with one attached hydrogen (secondary N) is 1. The van der Waals surface area contributed by atoms with Crippen LogP contribution in [-0.4, -0.2) is 47.9 Å². The average molecular weight is 254 g/mol. The molecule has 0 aromatic rings. The summed E-state index contributed by atoms with van der Waals surface area (Å²) in [5.41, 5.74) is -0.309. The van der Waals surface area contributed by atoms with E-state index in [1.54, 1.807) is 0 Å². The third-order valence-corrected chi connectivity index (χ3v) is 3.38. The lowest BCUT2D eigenvalue weighted by Crippen LogP contribution is -2.47. The van der Waals surface area contributed by atoms with Gasteiger partial charge in [-0.05, 0) is 13.3 Å². The van der Waals surface area contributed by atoms with E-state index in [0.717, 1.165) is 6.42 Å². The Kier molecular flexibility index (Phi) is 3.65. The monoisotopic (exact) mass is 254 g/mol. The van der Waals surface area contributed by atoms with Crippen molar-refractivity contribution in [2.45, 2.75) is 38.1 Å². The quantitative estimate of drug-likeness (QED) is 0.706. The van der Waals surface area contributed by atoms with Gasteiger partial charge in [0.25, 0.3) is 0 Å². The molecule has 0 bridgehead atoms. The van der Waals surface area contributed by atoms with Crippen LogP contribution in [0, 0.1) is 0 Å². The molecular formula is C12H18N2O4. The third-order valence-electron chi connectivity index (χ3n) is 3.38. The van der Waals surface area contributed by atoms with Crippen molar-refractivity contribution >= 4 is 17.7 Å². The molecule has 2 rings (SSSR count). The van der Waals surface area contributed by atoms with Crippen molar-refractivity contribution in [3.63, 3.8) is 0 Å². The van der Waals surface area contributed by atoms with Crippen molar-refractivity contribution in [2.24, 2.45) is 0 Å². The van der Waals surface area contributed by atoms with Crippen LogP contribution in [0.3, 0.4) is 0 Å². The van der Waals surface area contributed by atoms with Crippen LogP contribution < -0.4 is 5.32 Å². The van der Waals surface area contributed by atoms with Crippen LogP contribution >= 0.6 is 0 Å². The van der Waals surface area contributed by atoms with Gasteiger partial charge in [-0.2, -0.15) is 0 Å². The molecule has 1 unspecified atom stereocenters. The minimum atomic E-state index is -0.309. The average Bonchev–Trinajstić information content (AvgIpc) is 2.85. The molecule has 1 N–H and O–H groups in total. The van der Waals surface area contributed by atoms with Crippen molar-refractivity contribution in [2.75, 3.05) is 19.8 Å². The topological polar surface area (TPSA) is 75.7 Å². The van der Waals surface area contributed by atoms with E-state index in [0.29, 0.717) is 13.2 Å². The number of hydrogen-bond acceptors (Lipinski definition) is 4. The van der Waals surface area contributed by atoms with E-state index in [-0.39, 0.29) is 49.1 Å². The Bertz CT molecular complexity index is 358. The second-order valence-electron chi connectivity index (χ2n) is 5.10. The fourth-order valence-electron chi connectivity index (χ4n) is 2.25. The van der Waals surface area contributed by atoms with Gasteiger partial charge in [-0.25, -0.2) is 0 Å². The summed E-state index contributed by atoms with van der Waals surface area (Å²) in [5.74, 6) is -0.498. The molecular weight excluding hydrogens is 236 g/mol. The van der Waals surface area contributed by atoms with Crippen LogP contribution in [0.2, 0.25) is 0 Å². The number of nitrogens with zero attached hydrogens (tertiary/aromatic N) is 1. The Hall–Kier alpha value is -1.43. The number of carbonyl (C=O) groups excluding carboxylic acids is 3. The fourth-order valence-corrected chi connectivity index (χ4v) is 2.25. The van der Waals surface area contributed by atoms with E-state index in [2.05, 4.69) is 5.32 Å². The smallest absolute Gasteiger partial charge is 0.229 e. The van der Waals surface area contributed by atoms with Crippen LogP contribution in [0.25, 0.3) is 0 Å². The molecule has 0 aromatic heterocycles. The van der Waals surface area contributed by atoms with E-state index in [9.17, 15) is 14.4 Å². The Morgan fingerprint density at radius 2 is 2.06 bits per heavy atom. The van der Waals surface area contributed by atoms with Gasteiger partial charge in [0.15, 0.2) is 0 Å². The Labute approximate surface area is 106 Å². The van der Waals surface area contributed by atoms with Gasteiger partial charge >= 0.3 is 0 Å². The molecule has 0 aromatic carbocycles. The highest BCUT2D eigenvalue weighted by atomic mass is 16.5. The molecule has 2 heterocycles. The third kappa shape index (κ3) is 2.87. The first kappa shape index (κ1) is 13.0. The lowest BCUT2D eigenvalue weighted by Gasteiger charge is -2.24. The van der Waals surface area contributed by atoms with Crippen LogP contribution in [0.1, 0.15) is 32.6 Å². The summed E-state index contributed by atoms with van der Waals surface area (Å²) in [6.07, 6.45) is 1.49. The molecule has 2 saturated heterocycles. The molecule has 100 valence electrons. The number of carbonyl (C=O) groups is 3. The SMILES string of the molecule is CC1(NC(=O)CCN2C(=O)CCC2=O)CCOC1. The molecule has 1 atom stereocenters. The predicted octanol–water partition coefficient (Wildman–Crippen LogP) is -0.179. The highest BCUT2D eigenvalue weighted by Gasteiger charge is 2.32. The van der Waals surface area contributed by atoms with Crippen molar-refractivity contribution in [3.8, 4) is 0 Å². The largest absolute Gasteiger partial charge is 0.379 e. The van der Waals surface area contributed by atoms with Gasteiger partial charge in [0, 0.05) is 32.4 Å². The molecule has 6 nitrogen and oxygen atoms in total. The van der Waals surface area contributed by atoms with Gasteiger partial charge in [-0.15, -0.1) is 0 Å². The summed E-state index contributed by atoms with van der Waals surface area (Å²) in [4.78, 5) is 35.6. The molecule has 0 spiro atoms. The zero-order chi connectivity index (χ0) is 13.2. The maximum atomic E-state index is 11.8. The second-order valence-corrected chi connectivity index (χ2v) is 5.10. The molecule has 2 aliphatic heterocycles. The normalized spacial score (nSPS) is 27.9. The fraction of sp³-hybridized carbons (Fsp3) is 0.750. The van der Waals surface area contributed by atoms with Crippen molar-refractivity contribution in [1.29, 1.82) is 0 Å². The zero-order valence-electron chi connectivity index (χ0n) is 10.5. The number of ether oxygens (including phenoxy) is 1. The first-order valence-corrected chi connectivity index (χ1v) is 6.22. The highest BCUT2D eigenvalue weighted by Crippen LogP contribution is 2.18. The summed E-state index contributed by atoms with van der Waals surface area (Å²) < 4.78 is 5.24. The van der Waals surface area contributed by atoms with E-state index < -0.39 is 0 Å². The van der Waals surface area contributed by atoms with E-state index in [4.69, 9.17) is 4.74 Å². The van der Waals surface area contributed by atoms with Gasteiger partial charge in [0.1, 0.15) is 0 Å². The summed E-state index contributed by atoms with van der Waals surface area (Å²) in [5, 5.41) is 2.90. The van der Waals surface area contributed by atoms with Gasteiger partial charge in [-0.3, -0.25) is 19.3 Å². The zero-order valence-corrected chi connectivity index (χ0v) is 10.5. The molecule has 18 heavy (non-hydrogen) atoms. The lowest BCUT2D eigenvalue weighted by atomic mass is 10.0. The first-order chi connectivity index (χ1) is 8.50. The van der Waals surface area contributed by atoms with Gasteiger partial charge in [0.2, 0.25) is 17.7 Å². The minimum absolute atomic E-state index is 0.143. The van der Waals surface area contributed by atoms with Gasteiger partial charge in [-0.1, -0.05) is 0 Å². The van der Waals surface area contributed by atoms with Crippen molar-refractivity contribution in [3.05, 3.63) is 0 Å². The number of imide groups is 1. The van der Waals surface area contributed by atoms with E-state index in [1.165, 1.54) is 4.90 Å².